The van der Waals surface area contributed by atoms with Gasteiger partial charge in [-0.2, -0.15) is 0 Å². The lowest BCUT2D eigenvalue weighted by Gasteiger charge is -2.18. The van der Waals surface area contributed by atoms with E-state index >= 15 is 0 Å². The van der Waals surface area contributed by atoms with Crippen molar-refractivity contribution in [2.24, 2.45) is 14.1 Å². The molecule has 0 fully saturated rings. The zero-order chi connectivity index (χ0) is 23.5. The third-order valence-electron chi connectivity index (χ3n) is 5.22. The van der Waals surface area contributed by atoms with Gasteiger partial charge in [-0.1, -0.05) is 6.07 Å². The Morgan fingerprint density at radius 3 is 2.67 bits per heavy atom. The molecule has 12 heteroatoms. The van der Waals surface area contributed by atoms with E-state index in [1.165, 1.54) is 29.6 Å². The third-order valence-corrected chi connectivity index (χ3v) is 5.22. The fourth-order valence-electron chi connectivity index (χ4n) is 3.49. The number of aromatic nitrogens is 4. The van der Waals surface area contributed by atoms with Gasteiger partial charge in [-0.25, -0.2) is 9.78 Å². The summed E-state index contributed by atoms with van der Waals surface area (Å²) in [6, 6.07) is 5.60. The van der Waals surface area contributed by atoms with Gasteiger partial charge in [0.2, 0.25) is 0 Å². The number of benzene rings is 1. The number of esters is 1. The van der Waals surface area contributed by atoms with E-state index in [9.17, 15) is 19.2 Å². The van der Waals surface area contributed by atoms with Crippen LogP contribution in [0, 0.1) is 0 Å². The molecule has 1 aliphatic rings. The fraction of sp³-hybridized carbons (Fsp3) is 0.381. The second-order valence-corrected chi connectivity index (χ2v) is 7.49. The Bertz CT molecular complexity index is 1340. The van der Waals surface area contributed by atoms with Crippen LogP contribution in [0.2, 0.25) is 0 Å². The van der Waals surface area contributed by atoms with E-state index in [1.807, 2.05) is 18.2 Å². The maximum Gasteiger partial charge on any atom is 0.332 e. The van der Waals surface area contributed by atoms with Crippen molar-refractivity contribution in [1.82, 2.24) is 24.0 Å². The molecule has 174 valence electrons. The second kappa shape index (κ2) is 9.18. The lowest BCUT2D eigenvalue weighted by molar-refractivity contribution is -0.149. The first-order chi connectivity index (χ1) is 15.8. The molecule has 1 aliphatic heterocycles. The van der Waals surface area contributed by atoms with Gasteiger partial charge in [-0.3, -0.25) is 23.5 Å². The van der Waals surface area contributed by atoms with Crippen molar-refractivity contribution in [3.8, 4) is 11.5 Å². The van der Waals surface area contributed by atoms with Gasteiger partial charge in [0.1, 0.15) is 19.8 Å². The number of aryl methyl sites for hydroxylation is 1. The van der Waals surface area contributed by atoms with Crippen LogP contribution in [0.1, 0.15) is 5.56 Å². The van der Waals surface area contributed by atoms with Crippen molar-refractivity contribution < 1.29 is 23.8 Å². The first-order valence-electron chi connectivity index (χ1n) is 10.3. The zero-order valence-electron chi connectivity index (χ0n) is 18.2. The molecular formula is C21H23N5O7. The fourth-order valence-corrected chi connectivity index (χ4v) is 3.49. The number of imidazole rings is 1. The van der Waals surface area contributed by atoms with Crippen LogP contribution in [0.4, 0.5) is 0 Å². The van der Waals surface area contributed by atoms with Crippen LogP contribution in [-0.4, -0.2) is 56.9 Å². The van der Waals surface area contributed by atoms with Crippen LogP contribution in [0.5, 0.6) is 11.5 Å². The smallest absolute Gasteiger partial charge is 0.332 e. The molecule has 0 atom stereocenters. The topological polar surface area (TPSA) is 136 Å². The molecule has 0 unspecified atom stereocenters. The monoisotopic (exact) mass is 457 g/mol. The second-order valence-electron chi connectivity index (χ2n) is 7.49. The van der Waals surface area contributed by atoms with Crippen LogP contribution in [0.3, 0.4) is 0 Å². The zero-order valence-corrected chi connectivity index (χ0v) is 18.2. The lowest BCUT2D eigenvalue weighted by atomic mass is 10.1. The summed E-state index contributed by atoms with van der Waals surface area (Å²) >= 11 is 0. The predicted octanol–water partition coefficient (Wildman–Crippen LogP) is -0.893. The quantitative estimate of drug-likeness (QED) is 0.451. The van der Waals surface area contributed by atoms with E-state index in [0.29, 0.717) is 37.7 Å². The average Bonchev–Trinajstić information content (AvgIpc) is 3.23. The highest BCUT2D eigenvalue weighted by Crippen LogP contribution is 2.30. The maximum absolute atomic E-state index is 12.4. The lowest BCUT2D eigenvalue weighted by Crippen LogP contribution is -2.37. The van der Waals surface area contributed by atoms with Crippen molar-refractivity contribution in [2.75, 3.05) is 26.4 Å². The number of hydrogen-bond acceptors (Lipinski definition) is 8. The minimum atomic E-state index is -0.716. The SMILES string of the molecule is Cn1c(=O)c2c(ncn2CC(=O)OCC(=O)NCCc2ccc3c(c2)OCCO3)n(C)c1=O. The van der Waals surface area contributed by atoms with Gasteiger partial charge < -0.3 is 24.1 Å². The highest BCUT2D eigenvalue weighted by atomic mass is 16.6. The largest absolute Gasteiger partial charge is 0.486 e. The van der Waals surface area contributed by atoms with Crippen molar-refractivity contribution in [3.05, 3.63) is 50.9 Å². The maximum atomic E-state index is 12.4. The number of fused-ring (bicyclic) bond motifs is 2. The molecule has 2 aromatic heterocycles. The third kappa shape index (κ3) is 4.59. The van der Waals surface area contributed by atoms with Gasteiger partial charge >= 0.3 is 11.7 Å². The standard InChI is InChI=1S/C21H23N5O7/c1-24-19-18(20(29)25(2)21(24)30)26(12-23-19)10-17(28)33-11-16(27)22-6-5-13-3-4-14-15(9-13)32-8-7-31-14/h3-4,9,12H,5-8,10-11H2,1-2H3,(H,22,27). The van der Waals surface area contributed by atoms with E-state index in [1.54, 1.807) is 0 Å². The Labute approximate surface area is 187 Å². The van der Waals surface area contributed by atoms with Crippen LogP contribution in [0.15, 0.2) is 34.1 Å². The van der Waals surface area contributed by atoms with Crippen molar-refractivity contribution in [3.63, 3.8) is 0 Å². The number of ether oxygens (including phenoxy) is 3. The Morgan fingerprint density at radius 2 is 1.88 bits per heavy atom. The molecule has 0 bridgehead atoms. The summed E-state index contributed by atoms with van der Waals surface area (Å²) in [5.74, 6) is 0.217. The van der Waals surface area contributed by atoms with Gasteiger partial charge in [0.15, 0.2) is 29.3 Å². The number of hydrogen-bond donors (Lipinski definition) is 1. The van der Waals surface area contributed by atoms with Crippen molar-refractivity contribution in [1.29, 1.82) is 0 Å². The van der Waals surface area contributed by atoms with E-state index in [-0.39, 0.29) is 17.7 Å². The normalized spacial score (nSPS) is 12.5. The van der Waals surface area contributed by atoms with E-state index in [4.69, 9.17) is 14.2 Å². The number of carbonyl (C=O) groups is 2. The minimum Gasteiger partial charge on any atom is -0.486 e. The van der Waals surface area contributed by atoms with E-state index in [0.717, 1.165) is 10.1 Å². The number of amides is 1. The van der Waals surface area contributed by atoms with E-state index < -0.39 is 29.7 Å². The highest BCUT2D eigenvalue weighted by Gasteiger charge is 2.17. The molecule has 33 heavy (non-hydrogen) atoms. The summed E-state index contributed by atoms with van der Waals surface area (Å²) < 4.78 is 19.5. The van der Waals surface area contributed by atoms with Crippen LogP contribution < -0.4 is 26.0 Å². The van der Waals surface area contributed by atoms with Gasteiger partial charge in [-0.05, 0) is 24.1 Å². The molecular weight excluding hydrogens is 434 g/mol. The summed E-state index contributed by atoms with van der Waals surface area (Å²) in [6.07, 6.45) is 1.85. The van der Waals surface area contributed by atoms with Crippen LogP contribution >= 0.6 is 0 Å². The van der Waals surface area contributed by atoms with Crippen molar-refractivity contribution in [2.45, 2.75) is 13.0 Å². The first-order valence-corrected chi connectivity index (χ1v) is 10.3. The van der Waals surface area contributed by atoms with Crippen LogP contribution in [-0.2, 0) is 41.4 Å². The summed E-state index contributed by atoms with van der Waals surface area (Å²) in [5.41, 5.74) is 0.135. The number of carbonyl (C=O) groups excluding carboxylic acids is 2. The summed E-state index contributed by atoms with van der Waals surface area (Å²) in [7, 11) is 2.82. The Hall–Kier alpha value is -4.09. The molecule has 3 heterocycles. The Kier molecular flexibility index (Phi) is 6.16. The molecule has 0 radical (unpaired) electrons. The number of rotatable bonds is 7. The average molecular weight is 457 g/mol. The molecule has 1 N–H and O–H groups in total. The van der Waals surface area contributed by atoms with Gasteiger partial charge in [0.05, 0.1) is 6.33 Å². The van der Waals surface area contributed by atoms with Gasteiger partial charge in [-0.15, -0.1) is 0 Å². The van der Waals surface area contributed by atoms with E-state index in [2.05, 4.69) is 10.3 Å². The molecule has 4 rings (SSSR count). The molecule has 0 spiro atoms. The summed E-state index contributed by atoms with van der Waals surface area (Å²) in [5, 5.41) is 2.69. The number of nitrogens with one attached hydrogen (secondary N) is 1. The predicted molar refractivity (Wildman–Crippen MR) is 115 cm³/mol. The molecule has 0 aliphatic carbocycles. The summed E-state index contributed by atoms with van der Waals surface area (Å²) in [6.45, 7) is 0.596. The van der Waals surface area contributed by atoms with Crippen molar-refractivity contribution >= 4 is 23.0 Å². The van der Waals surface area contributed by atoms with Crippen LogP contribution in [0.25, 0.3) is 11.2 Å². The van der Waals surface area contributed by atoms with Gasteiger partial charge in [0.25, 0.3) is 11.5 Å². The number of nitrogens with zero attached hydrogens (tertiary/aromatic N) is 4. The van der Waals surface area contributed by atoms with Gasteiger partial charge in [0, 0.05) is 20.6 Å². The molecule has 3 aromatic rings. The minimum absolute atomic E-state index is 0.0976. The molecule has 0 saturated carbocycles. The highest BCUT2D eigenvalue weighted by molar-refractivity contribution is 5.81. The molecule has 1 aromatic carbocycles. The molecule has 0 saturated heterocycles. The Morgan fingerprint density at radius 1 is 1.12 bits per heavy atom. The first kappa shape index (κ1) is 22.1. The molecule has 1 amide bonds. The summed E-state index contributed by atoms with van der Waals surface area (Å²) in [4.78, 5) is 52.6. The molecule has 12 nitrogen and oxygen atoms in total. The Balaban J connectivity index is 1.27.